The van der Waals surface area contributed by atoms with Crippen molar-refractivity contribution < 1.29 is 0 Å². The molecule has 0 bridgehead atoms. The average Bonchev–Trinajstić information content (AvgIpc) is 3.88. The summed E-state index contributed by atoms with van der Waals surface area (Å²) in [7, 11) is 0. The van der Waals surface area contributed by atoms with Crippen LogP contribution in [-0.4, -0.2) is 14.1 Å². The minimum atomic E-state index is 0.938. The van der Waals surface area contributed by atoms with Crippen LogP contribution >= 0.6 is 0 Å². The Labute approximate surface area is 366 Å². The summed E-state index contributed by atoms with van der Waals surface area (Å²) >= 11 is 0. The fourth-order valence-electron chi connectivity index (χ4n) is 11.4. The Morgan fingerprint density at radius 3 is 1.27 bits per heavy atom. The molecule has 0 amide bonds. The number of aromatic nitrogens is 3. The number of hydrogen-bond acceptors (Lipinski definition) is 1. The third-order valence-corrected chi connectivity index (χ3v) is 14.1. The molecule has 0 radical (unpaired) electrons. The highest BCUT2D eigenvalue weighted by Gasteiger charge is 2.23. The summed E-state index contributed by atoms with van der Waals surface area (Å²) in [5, 5.41) is 20.1. The molecule has 3 nitrogen and oxygen atoms in total. The summed E-state index contributed by atoms with van der Waals surface area (Å²) in [6, 6.07) is 78.6. The number of fused-ring (bicyclic) bond motifs is 7. The molecule has 0 saturated carbocycles. The van der Waals surface area contributed by atoms with Crippen molar-refractivity contribution in [3.05, 3.63) is 212 Å². The normalized spacial score (nSPS) is 12.4. The average molecular weight is 810 g/mol. The van der Waals surface area contributed by atoms with Crippen molar-refractivity contribution in [3.8, 4) is 33.9 Å². The van der Waals surface area contributed by atoms with Crippen LogP contribution in [0, 0.1) is 0 Å². The Morgan fingerprint density at radius 1 is 0.266 bits per heavy atom. The smallest absolute Gasteiger partial charge is 0.0730 e. The Balaban J connectivity index is 1.06. The van der Waals surface area contributed by atoms with E-state index in [-0.39, 0.29) is 0 Å². The van der Waals surface area contributed by atoms with Crippen LogP contribution in [0.4, 0.5) is 0 Å². The molecule has 0 aliphatic heterocycles. The Kier molecular flexibility index (Phi) is 6.68. The summed E-state index contributed by atoms with van der Waals surface area (Å²) in [6.45, 7) is 0. The maximum atomic E-state index is 5.65. The molecule has 3 heterocycles. The van der Waals surface area contributed by atoms with Gasteiger partial charge in [-0.05, 0) is 131 Å². The van der Waals surface area contributed by atoms with Crippen LogP contribution in [0.25, 0.3) is 142 Å². The molecule has 3 heteroatoms. The number of hydrogen-bond donors (Lipinski definition) is 0. The third kappa shape index (κ3) is 4.62. The Morgan fingerprint density at radius 2 is 0.719 bits per heavy atom. The van der Waals surface area contributed by atoms with Crippen molar-refractivity contribution in [2.24, 2.45) is 0 Å². The SMILES string of the molecule is c1ccc(-n2c3ccccc3c3c2ccc2c4ccccc4n(-c4cc(-c5cc6ccc7cccc8ccc(c5)c6c78)nc(-c5cc6ccc7cccc8ccc(c5)c6c78)c4)c23)cc1. The number of para-hydroxylation sites is 3. The molecule has 0 aliphatic rings. The lowest BCUT2D eigenvalue weighted by Crippen LogP contribution is -1.99. The van der Waals surface area contributed by atoms with Crippen molar-refractivity contribution in [3.63, 3.8) is 0 Å². The first-order valence-electron chi connectivity index (χ1n) is 22.1. The predicted molar refractivity (Wildman–Crippen MR) is 271 cm³/mol. The molecule has 15 aromatic rings. The van der Waals surface area contributed by atoms with Gasteiger partial charge in [-0.15, -0.1) is 0 Å². The molecule has 0 spiro atoms. The fourth-order valence-corrected chi connectivity index (χ4v) is 11.4. The second kappa shape index (κ2) is 12.5. The molecule has 0 fully saturated rings. The van der Waals surface area contributed by atoms with Gasteiger partial charge in [0.2, 0.25) is 0 Å². The van der Waals surface area contributed by atoms with E-state index in [2.05, 4.69) is 221 Å². The lowest BCUT2D eigenvalue weighted by Gasteiger charge is -2.17. The van der Waals surface area contributed by atoms with Gasteiger partial charge < -0.3 is 9.13 Å². The van der Waals surface area contributed by atoms with Gasteiger partial charge in [-0.1, -0.05) is 146 Å². The number of nitrogens with zero attached hydrogens (tertiary/aromatic N) is 3. The van der Waals surface area contributed by atoms with Gasteiger partial charge in [-0.25, -0.2) is 4.98 Å². The number of benzene rings is 12. The van der Waals surface area contributed by atoms with E-state index in [1.54, 1.807) is 0 Å². The van der Waals surface area contributed by atoms with Crippen LogP contribution in [-0.2, 0) is 0 Å². The summed E-state index contributed by atoms with van der Waals surface area (Å²) in [6.07, 6.45) is 0. The van der Waals surface area contributed by atoms with E-state index in [9.17, 15) is 0 Å². The molecule has 0 N–H and O–H groups in total. The van der Waals surface area contributed by atoms with Gasteiger partial charge >= 0.3 is 0 Å². The zero-order valence-corrected chi connectivity index (χ0v) is 34.5. The first-order valence-corrected chi connectivity index (χ1v) is 22.1. The predicted octanol–water partition coefficient (Wildman–Crippen LogP) is 16.4. The van der Waals surface area contributed by atoms with Crippen LogP contribution in [0.5, 0.6) is 0 Å². The fraction of sp³-hybridized carbons (Fsp3) is 0. The highest BCUT2D eigenvalue weighted by atomic mass is 15.0. The van der Waals surface area contributed by atoms with Crippen LogP contribution in [0.15, 0.2) is 212 Å². The van der Waals surface area contributed by atoms with E-state index < -0.39 is 0 Å². The van der Waals surface area contributed by atoms with E-state index >= 15 is 0 Å². The van der Waals surface area contributed by atoms with Crippen molar-refractivity contribution in [1.29, 1.82) is 0 Å². The highest BCUT2D eigenvalue weighted by molar-refractivity contribution is 6.27. The zero-order valence-electron chi connectivity index (χ0n) is 34.5. The van der Waals surface area contributed by atoms with Gasteiger partial charge in [0.25, 0.3) is 0 Å². The Hall–Kier alpha value is -8.53. The molecule has 0 unspecified atom stereocenters. The molecule has 0 atom stereocenters. The minimum absolute atomic E-state index is 0.938. The van der Waals surface area contributed by atoms with E-state index in [0.29, 0.717) is 0 Å². The van der Waals surface area contributed by atoms with Gasteiger partial charge in [0, 0.05) is 38.4 Å². The second-order valence-corrected chi connectivity index (χ2v) is 17.5. The molecular formula is C61H35N3. The molecule has 64 heavy (non-hydrogen) atoms. The van der Waals surface area contributed by atoms with Crippen LogP contribution in [0.2, 0.25) is 0 Å². The summed E-state index contributed by atoms with van der Waals surface area (Å²) in [5.41, 5.74) is 11.0. The van der Waals surface area contributed by atoms with Crippen molar-refractivity contribution in [1.82, 2.24) is 14.1 Å². The second-order valence-electron chi connectivity index (χ2n) is 17.5. The van der Waals surface area contributed by atoms with Crippen LogP contribution < -0.4 is 0 Å². The standard InChI is InChI=1S/C61H35N3/c1-2-14-46(15-3-1)63-54-19-7-5-17-50(54)60-55(63)29-28-49-48-16-4-6-18-53(48)64(61(49)60)47-34-51(44-30-40-24-20-36-10-8-11-37-21-25-41(31-44)58(40)56(36)37)62-52(35-47)45-32-42-26-22-38-12-9-13-39-23-27-43(33-45)59(42)57(38)39/h1-35H. The van der Waals surface area contributed by atoms with Gasteiger partial charge in [0.15, 0.2) is 0 Å². The molecule has 0 saturated heterocycles. The highest BCUT2D eigenvalue weighted by Crippen LogP contribution is 2.45. The first kappa shape index (κ1) is 34.1. The first-order chi connectivity index (χ1) is 31.7. The van der Waals surface area contributed by atoms with Gasteiger partial charge in [-0.2, -0.15) is 0 Å². The number of rotatable bonds is 4. The summed E-state index contributed by atoms with van der Waals surface area (Å²) in [4.78, 5) is 5.65. The van der Waals surface area contributed by atoms with Gasteiger partial charge in [0.05, 0.1) is 39.1 Å². The zero-order chi connectivity index (χ0) is 41.6. The van der Waals surface area contributed by atoms with E-state index in [1.165, 1.54) is 103 Å². The van der Waals surface area contributed by atoms with Crippen LogP contribution in [0.3, 0.4) is 0 Å². The molecule has 0 aliphatic carbocycles. The topological polar surface area (TPSA) is 22.8 Å². The molecule has 12 aromatic carbocycles. The summed E-state index contributed by atoms with van der Waals surface area (Å²) < 4.78 is 4.93. The lowest BCUT2D eigenvalue weighted by molar-refractivity contribution is 1.16. The maximum absolute atomic E-state index is 5.65. The minimum Gasteiger partial charge on any atom is -0.309 e. The Bertz CT molecular complexity index is 4120. The largest absolute Gasteiger partial charge is 0.309 e. The maximum Gasteiger partial charge on any atom is 0.0730 e. The van der Waals surface area contributed by atoms with Crippen LogP contribution in [0.1, 0.15) is 0 Å². The van der Waals surface area contributed by atoms with Crippen molar-refractivity contribution >= 4 is 108 Å². The van der Waals surface area contributed by atoms with Gasteiger partial charge in [0.1, 0.15) is 0 Å². The molecule has 294 valence electrons. The van der Waals surface area contributed by atoms with E-state index in [4.69, 9.17) is 4.98 Å². The molecular weight excluding hydrogens is 775 g/mol. The van der Waals surface area contributed by atoms with E-state index in [0.717, 1.165) is 39.4 Å². The monoisotopic (exact) mass is 809 g/mol. The summed E-state index contributed by atoms with van der Waals surface area (Å²) in [5.74, 6) is 0. The van der Waals surface area contributed by atoms with Crippen molar-refractivity contribution in [2.45, 2.75) is 0 Å². The molecule has 15 rings (SSSR count). The third-order valence-electron chi connectivity index (χ3n) is 14.1. The lowest BCUT2D eigenvalue weighted by atomic mass is 9.91. The van der Waals surface area contributed by atoms with E-state index in [1.807, 2.05) is 0 Å². The van der Waals surface area contributed by atoms with Gasteiger partial charge in [-0.3, -0.25) is 0 Å². The quantitative estimate of drug-likeness (QED) is 0.162. The molecule has 3 aromatic heterocycles. The van der Waals surface area contributed by atoms with Crippen molar-refractivity contribution in [2.75, 3.05) is 0 Å². The number of pyridine rings is 1.